The quantitative estimate of drug-likeness (QED) is 0.255. The van der Waals surface area contributed by atoms with Crippen LogP contribution in [0.5, 0.6) is 5.75 Å². The Labute approximate surface area is 203 Å². The zero-order chi connectivity index (χ0) is 24.5. The lowest BCUT2D eigenvalue weighted by molar-refractivity contribution is -0.136. The Hall–Kier alpha value is -3.95. The molecule has 0 heterocycles. The summed E-state index contributed by atoms with van der Waals surface area (Å²) in [6.07, 6.45) is 1.26. The molecule has 0 bridgehead atoms. The average molecular weight is 503 g/mol. The Bertz CT molecular complexity index is 1240. The smallest absolute Gasteiger partial charge is 0.329 e. The molecule has 0 saturated heterocycles. The van der Waals surface area contributed by atoms with Gasteiger partial charge in [0.2, 0.25) is 0 Å². The number of para-hydroxylation sites is 1. The van der Waals surface area contributed by atoms with E-state index < -0.39 is 23.5 Å². The van der Waals surface area contributed by atoms with Gasteiger partial charge in [-0.05, 0) is 54.6 Å². The highest BCUT2D eigenvalue weighted by Gasteiger charge is 2.13. The summed E-state index contributed by atoms with van der Waals surface area (Å²) in [5.41, 5.74) is 3.16. The first kappa shape index (κ1) is 24.7. The third-order valence-electron chi connectivity index (χ3n) is 4.16. The van der Waals surface area contributed by atoms with Crippen LogP contribution in [-0.2, 0) is 14.4 Å². The lowest BCUT2D eigenvalue weighted by Crippen LogP contribution is -2.32. The van der Waals surface area contributed by atoms with E-state index in [4.69, 9.17) is 27.9 Å². The predicted octanol–water partition coefficient (Wildman–Crippen LogP) is 4.24. The van der Waals surface area contributed by atoms with Gasteiger partial charge in [-0.2, -0.15) is 5.10 Å². The zero-order valence-corrected chi connectivity index (χ0v) is 18.9. The number of benzene rings is 3. The van der Waals surface area contributed by atoms with Gasteiger partial charge in [0.25, 0.3) is 5.91 Å². The number of hydrogen-bond donors (Lipinski definition) is 3. The molecule has 0 aliphatic rings. The number of amides is 3. The minimum Gasteiger partial charge on any atom is -0.483 e. The van der Waals surface area contributed by atoms with Crippen LogP contribution in [0.4, 0.5) is 15.8 Å². The molecule has 3 N–H and O–H groups in total. The summed E-state index contributed by atoms with van der Waals surface area (Å²) in [5, 5.41) is 9.38. The van der Waals surface area contributed by atoms with Crippen molar-refractivity contribution in [3.05, 3.63) is 88.2 Å². The first-order valence-corrected chi connectivity index (χ1v) is 10.4. The molecule has 0 aliphatic carbocycles. The van der Waals surface area contributed by atoms with Crippen molar-refractivity contribution in [2.45, 2.75) is 0 Å². The summed E-state index contributed by atoms with van der Waals surface area (Å²) >= 11 is 11.9. The number of hydrogen-bond acceptors (Lipinski definition) is 5. The average Bonchev–Trinajstić information content (AvgIpc) is 2.81. The van der Waals surface area contributed by atoms with Crippen LogP contribution in [0.3, 0.4) is 0 Å². The molecule has 11 heteroatoms. The van der Waals surface area contributed by atoms with Gasteiger partial charge < -0.3 is 15.4 Å². The fraction of sp³-hybridized carbons (Fsp3) is 0.0435. The van der Waals surface area contributed by atoms with Crippen molar-refractivity contribution in [1.29, 1.82) is 0 Å². The van der Waals surface area contributed by atoms with E-state index in [-0.39, 0.29) is 17.3 Å². The second kappa shape index (κ2) is 11.8. The SMILES string of the molecule is O=C(COc1ccccc1/C=N\NC(=O)C(=O)Nc1ccc(F)cc1)Nc1ccc(Cl)cc1Cl. The molecule has 0 aromatic heterocycles. The maximum atomic E-state index is 12.9. The number of carbonyl (C=O) groups is 3. The third-order valence-corrected chi connectivity index (χ3v) is 4.71. The van der Waals surface area contributed by atoms with Crippen LogP contribution < -0.4 is 20.8 Å². The molecule has 34 heavy (non-hydrogen) atoms. The highest BCUT2D eigenvalue weighted by molar-refractivity contribution is 6.39. The molecule has 3 aromatic rings. The van der Waals surface area contributed by atoms with Crippen LogP contribution in [0, 0.1) is 5.82 Å². The van der Waals surface area contributed by atoms with Crippen molar-refractivity contribution >= 4 is 58.5 Å². The van der Waals surface area contributed by atoms with Crippen molar-refractivity contribution < 1.29 is 23.5 Å². The van der Waals surface area contributed by atoms with Crippen molar-refractivity contribution in [2.24, 2.45) is 5.10 Å². The zero-order valence-electron chi connectivity index (χ0n) is 17.3. The van der Waals surface area contributed by atoms with Gasteiger partial charge in [0, 0.05) is 16.3 Å². The van der Waals surface area contributed by atoms with Gasteiger partial charge in [0.05, 0.1) is 16.9 Å². The van der Waals surface area contributed by atoms with Crippen molar-refractivity contribution in [3.8, 4) is 5.75 Å². The molecule has 0 unspecified atom stereocenters. The standard InChI is InChI=1S/C23H17Cl2FN4O4/c24-15-5-10-19(18(25)11-15)29-21(31)13-34-20-4-2-1-3-14(20)12-27-30-23(33)22(32)28-17-8-6-16(26)7-9-17/h1-12H,13H2,(H,28,32)(H,29,31)(H,30,33)/b27-12-. The number of hydrazone groups is 1. The molecule has 0 aliphatic heterocycles. The summed E-state index contributed by atoms with van der Waals surface area (Å²) in [6, 6.07) is 16.2. The van der Waals surface area contributed by atoms with E-state index in [0.717, 1.165) is 12.1 Å². The minimum absolute atomic E-state index is 0.252. The maximum Gasteiger partial charge on any atom is 0.329 e. The second-order valence-corrected chi connectivity index (χ2v) is 7.50. The summed E-state index contributed by atoms with van der Waals surface area (Å²) in [5.74, 6) is -2.63. The highest BCUT2D eigenvalue weighted by atomic mass is 35.5. The number of nitrogens with one attached hydrogen (secondary N) is 3. The van der Waals surface area contributed by atoms with E-state index in [1.807, 2.05) is 0 Å². The van der Waals surface area contributed by atoms with Gasteiger partial charge in [-0.3, -0.25) is 14.4 Å². The Morgan fingerprint density at radius 1 is 0.941 bits per heavy atom. The largest absolute Gasteiger partial charge is 0.483 e. The van der Waals surface area contributed by atoms with E-state index >= 15 is 0 Å². The number of nitrogens with zero attached hydrogens (tertiary/aromatic N) is 1. The molecule has 0 spiro atoms. The van der Waals surface area contributed by atoms with Crippen molar-refractivity contribution in [1.82, 2.24) is 5.43 Å². The molecule has 8 nitrogen and oxygen atoms in total. The summed E-state index contributed by atoms with van der Waals surface area (Å²) in [4.78, 5) is 36.0. The Kier molecular flexibility index (Phi) is 8.55. The van der Waals surface area contributed by atoms with Crippen molar-refractivity contribution in [2.75, 3.05) is 17.2 Å². The van der Waals surface area contributed by atoms with E-state index in [0.29, 0.717) is 22.0 Å². The molecule has 0 saturated carbocycles. The molecule has 0 radical (unpaired) electrons. The first-order chi connectivity index (χ1) is 16.3. The first-order valence-electron chi connectivity index (χ1n) is 9.68. The maximum absolute atomic E-state index is 12.9. The fourth-order valence-electron chi connectivity index (χ4n) is 2.57. The molecule has 3 rings (SSSR count). The Morgan fingerprint density at radius 3 is 2.41 bits per heavy atom. The van der Waals surface area contributed by atoms with Crippen LogP contribution in [0.1, 0.15) is 5.56 Å². The van der Waals surface area contributed by atoms with Gasteiger partial charge in [0.15, 0.2) is 6.61 Å². The number of carbonyl (C=O) groups excluding carboxylic acids is 3. The molecule has 0 fully saturated rings. The van der Waals surface area contributed by atoms with Gasteiger partial charge in [-0.15, -0.1) is 0 Å². The van der Waals surface area contributed by atoms with Crippen molar-refractivity contribution in [3.63, 3.8) is 0 Å². The fourth-order valence-corrected chi connectivity index (χ4v) is 3.03. The number of anilines is 2. The number of ether oxygens (including phenoxy) is 1. The van der Waals surface area contributed by atoms with Gasteiger partial charge >= 0.3 is 11.8 Å². The van der Waals surface area contributed by atoms with Crippen LogP contribution in [0.15, 0.2) is 71.8 Å². The molecule has 3 amide bonds. The van der Waals surface area contributed by atoms with E-state index in [9.17, 15) is 18.8 Å². The van der Waals surface area contributed by atoms with Gasteiger partial charge in [-0.25, -0.2) is 9.82 Å². The summed E-state index contributed by atoms with van der Waals surface area (Å²) in [7, 11) is 0. The second-order valence-electron chi connectivity index (χ2n) is 6.66. The van der Waals surface area contributed by atoms with Crippen LogP contribution in [0.2, 0.25) is 10.0 Å². The molecule has 3 aromatic carbocycles. The highest BCUT2D eigenvalue weighted by Crippen LogP contribution is 2.25. The molecular formula is C23H17Cl2FN4O4. The minimum atomic E-state index is -1.03. The lowest BCUT2D eigenvalue weighted by atomic mass is 10.2. The summed E-state index contributed by atoms with van der Waals surface area (Å²) in [6.45, 7) is -0.323. The predicted molar refractivity (Wildman–Crippen MR) is 128 cm³/mol. The topological polar surface area (TPSA) is 109 Å². The van der Waals surface area contributed by atoms with Crippen LogP contribution >= 0.6 is 23.2 Å². The van der Waals surface area contributed by atoms with E-state index in [1.165, 1.54) is 24.4 Å². The van der Waals surface area contributed by atoms with Crippen LogP contribution in [-0.4, -0.2) is 30.5 Å². The Balaban J connectivity index is 1.53. The molecular weight excluding hydrogens is 486 g/mol. The number of rotatable bonds is 7. The molecule has 174 valence electrons. The lowest BCUT2D eigenvalue weighted by Gasteiger charge is -2.10. The monoisotopic (exact) mass is 502 g/mol. The third kappa shape index (κ3) is 7.29. The normalized spacial score (nSPS) is 10.6. The van der Waals surface area contributed by atoms with E-state index in [2.05, 4.69) is 21.2 Å². The molecule has 0 atom stereocenters. The summed E-state index contributed by atoms with van der Waals surface area (Å²) < 4.78 is 18.4. The van der Waals surface area contributed by atoms with E-state index in [1.54, 1.807) is 36.4 Å². The van der Waals surface area contributed by atoms with Crippen LogP contribution in [0.25, 0.3) is 0 Å². The number of halogens is 3. The van der Waals surface area contributed by atoms with Gasteiger partial charge in [-0.1, -0.05) is 35.3 Å². The Morgan fingerprint density at radius 2 is 1.68 bits per heavy atom. The van der Waals surface area contributed by atoms with Gasteiger partial charge in [0.1, 0.15) is 11.6 Å².